The van der Waals surface area contributed by atoms with E-state index in [1.54, 1.807) is 0 Å². The van der Waals surface area contributed by atoms with Crippen LogP contribution >= 0.6 is 0 Å². The summed E-state index contributed by atoms with van der Waals surface area (Å²) in [6.07, 6.45) is 1.88. The summed E-state index contributed by atoms with van der Waals surface area (Å²) in [4.78, 5) is 13.8. The van der Waals surface area contributed by atoms with Crippen molar-refractivity contribution in [3.63, 3.8) is 0 Å². The van der Waals surface area contributed by atoms with Crippen molar-refractivity contribution >= 4 is 5.91 Å². The molecule has 15 heavy (non-hydrogen) atoms. The molecule has 90 valence electrons. The summed E-state index contributed by atoms with van der Waals surface area (Å²) >= 11 is 0. The van der Waals surface area contributed by atoms with Gasteiger partial charge in [0.1, 0.15) is 0 Å². The van der Waals surface area contributed by atoms with Gasteiger partial charge in [0.2, 0.25) is 5.91 Å². The topological polar surface area (TPSA) is 20.3 Å². The van der Waals surface area contributed by atoms with Gasteiger partial charge in [-0.25, -0.2) is 0 Å². The third-order valence-electron chi connectivity index (χ3n) is 3.04. The third-order valence-corrected chi connectivity index (χ3v) is 3.04. The molecule has 0 spiro atoms. The van der Waals surface area contributed by atoms with Crippen molar-refractivity contribution in [3.8, 4) is 0 Å². The zero-order valence-corrected chi connectivity index (χ0v) is 11.2. The van der Waals surface area contributed by atoms with E-state index in [4.69, 9.17) is 0 Å². The van der Waals surface area contributed by atoms with Gasteiger partial charge in [-0.2, -0.15) is 0 Å². The number of carbonyl (C=O) groups is 1. The maximum absolute atomic E-state index is 11.7. The summed E-state index contributed by atoms with van der Waals surface area (Å²) in [5.74, 6) is 1.50. The fourth-order valence-electron chi connectivity index (χ4n) is 1.91. The molecule has 2 heteroatoms. The van der Waals surface area contributed by atoms with Gasteiger partial charge in [0.15, 0.2) is 0 Å². The molecular weight excluding hydrogens is 186 g/mol. The molecule has 1 saturated heterocycles. The second-order valence-electron chi connectivity index (χ2n) is 4.69. The molecule has 1 fully saturated rings. The molecule has 1 amide bonds. The third kappa shape index (κ3) is 4.23. The Morgan fingerprint density at radius 2 is 1.87 bits per heavy atom. The number of likely N-dealkylation sites (tertiary alicyclic amines) is 1. The Kier molecular flexibility index (Phi) is 6.62. The summed E-state index contributed by atoms with van der Waals surface area (Å²) in [6, 6.07) is 0.450. The maximum Gasteiger partial charge on any atom is 0.223 e. The first-order valence-corrected chi connectivity index (χ1v) is 6.31. The predicted octanol–water partition coefficient (Wildman–Crippen LogP) is 3.32. The average molecular weight is 213 g/mol. The van der Waals surface area contributed by atoms with Gasteiger partial charge < -0.3 is 4.90 Å². The quantitative estimate of drug-likeness (QED) is 0.689. The van der Waals surface area contributed by atoms with Crippen LogP contribution in [0.4, 0.5) is 0 Å². The summed E-state index contributed by atoms with van der Waals surface area (Å²) in [5.41, 5.74) is 0. The first-order chi connectivity index (χ1) is 7.02. The van der Waals surface area contributed by atoms with Crippen LogP contribution in [0.25, 0.3) is 0 Å². The van der Waals surface area contributed by atoms with Crippen LogP contribution < -0.4 is 0 Å². The largest absolute Gasteiger partial charge is 0.340 e. The van der Waals surface area contributed by atoms with Gasteiger partial charge in [0, 0.05) is 19.0 Å². The smallest absolute Gasteiger partial charge is 0.223 e. The van der Waals surface area contributed by atoms with Crippen molar-refractivity contribution in [3.05, 3.63) is 0 Å². The monoisotopic (exact) mass is 213 g/mol. The average Bonchev–Trinajstić information content (AvgIpc) is 2.50. The number of rotatable bonds is 2. The normalized spacial score (nSPS) is 25.1. The summed E-state index contributed by atoms with van der Waals surface area (Å²) in [5, 5.41) is 0. The number of amides is 1. The van der Waals surface area contributed by atoms with Gasteiger partial charge in [0.05, 0.1) is 0 Å². The van der Waals surface area contributed by atoms with Crippen LogP contribution in [0.1, 0.15) is 54.4 Å². The lowest BCUT2D eigenvalue weighted by Gasteiger charge is -2.24. The molecule has 0 aromatic rings. The highest BCUT2D eigenvalue weighted by Crippen LogP contribution is 2.24. The van der Waals surface area contributed by atoms with E-state index in [9.17, 15) is 4.79 Å². The Morgan fingerprint density at radius 1 is 1.33 bits per heavy atom. The molecule has 1 aliphatic rings. The second-order valence-corrected chi connectivity index (χ2v) is 4.69. The molecule has 2 nitrogen and oxygen atoms in total. The lowest BCUT2D eigenvalue weighted by molar-refractivity contribution is -0.132. The molecule has 0 saturated carbocycles. The van der Waals surface area contributed by atoms with Crippen LogP contribution in [-0.4, -0.2) is 23.4 Å². The van der Waals surface area contributed by atoms with E-state index in [2.05, 4.69) is 27.7 Å². The Bertz CT molecular complexity index is 189. The SMILES string of the molecule is CC.CC(C)CC(=O)N1CC[C@@H](C)C1C. The molecule has 0 N–H and O–H groups in total. The van der Waals surface area contributed by atoms with Crippen molar-refractivity contribution < 1.29 is 4.79 Å². The summed E-state index contributed by atoms with van der Waals surface area (Å²) < 4.78 is 0. The van der Waals surface area contributed by atoms with Gasteiger partial charge in [-0.1, -0.05) is 34.6 Å². The first-order valence-electron chi connectivity index (χ1n) is 6.31. The summed E-state index contributed by atoms with van der Waals surface area (Å²) in [7, 11) is 0. The van der Waals surface area contributed by atoms with Crippen LogP contribution in [-0.2, 0) is 4.79 Å². The molecule has 0 bridgehead atoms. The fraction of sp³-hybridized carbons (Fsp3) is 0.923. The van der Waals surface area contributed by atoms with Crippen LogP contribution in [0.2, 0.25) is 0 Å². The molecule has 0 radical (unpaired) electrons. The van der Waals surface area contributed by atoms with E-state index < -0.39 is 0 Å². The van der Waals surface area contributed by atoms with Crippen LogP contribution in [0.15, 0.2) is 0 Å². The minimum atomic E-state index is 0.340. The molecule has 1 rings (SSSR count). The molecular formula is C13H27NO. The van der Waals surface area contributed by atoms with E-state index in [0.29, 0.717) is 30.2 Å². The highest BCUT2D eigenvalue weighted by molar-refractivity contribution is 5.77. The van der Waals surface area contributed by atoms with Crippen molar-refractivity contribution in [1.82, 2.24) is 4.90 Å². The predicted molar refractivity (Wildman–Crippen MR) is 65.8 cm³/mol. The molecule has 0 aliphatic carbocycles. The van der Waals surface area contributed by atoms with Crippen molar-refractivity contribution in [1.29, 1.82) is 0 Å². The molecule has 0 aromatic carbocycles. The lowest BCUT2D eigenvalue weighted by atomic mass is 10.0. The highest BCUT2D eigenvalue weighted by atomic mass is 16.2. The standard InChI is InChI=1S/C11H21NO.C2H6/c1-8(2)7-11(13)12-6-5-9(3)10(12)4;1-2/h8-10H,5-7H2,1-4H3;1-2H3/t9-,10?;/m1./s1. The van der Waals surface area contributed by atoms with E-state index in [1.165, 1.54) is 6.42 Å². The number of carbonyl (C=O) groups excluding carboxylic acids is 1. The van der Waals surface area contributed by atoms with Crippen LogP contribution in [0, 0.1) is 11.8 Å². The molecule has 2 atom stereocenters. The summed E-state index contributed by atoms with van der Waals surface area (Å²) in [6.45, 7) is 13.6. The fourth-order valence-corrected chi connectivity index (χ4v) is 1.91. The molecule has 1 aliphatic heterocycles. The van der Waals surface area contributed by atoms with Crippen LogP contribution in [0.5, 0.6) is 0 Å². The Labute approximate surface area is 95.0 Å². The van der Waals surface area contributed by atoms with Crippen molar-refractivity contribution in [2.45, 2.75) is 60.4 Å². The van der Waals surface area contributed by atoms with Crippen molar-refractivity contribution in [2.75, 3.05) is 6.54 Å². The Hall–Kier alpha value is -0.530. The van der Waals surface area contributed by atoms with E-state index in [1.807, 2.05) is 18.7 Å². The number of nitrogens with zero attached hydrogens (tertiary/aromatic N) is 1. The minimum Gasteiger partial charge on any atom is -0.340 e. The van der Waals surface area contributed by atoms with Crippen molar-refractivity contribution in [2.24, 2.45) is 11.8 Å². The Morgan fingerprint density at radius 3 is 2.20 bits per heavy atom. The zero-order chi connectivity index (χ0) is 12.0. The van der Waals surface area contributed by atoms with E-state index in [-0.39, 0.29) is 0 Å². The number of hydrogen-bond acceptors (Lipinski definition) is 1. The van der Waals surface area contributed by atoms with E-state index >= 15 is 0 Å². The van der Waals surface area contributed by atoms with Gasteiger partial charge in [0.25, 0.3) is 0 Å². The minimum absolute atomic E-state index is 0.340. The molecule has 1 unspecified atom stereocenters. The first kappa shape index (κ1) is 14.5. The highest BCUT2D eigenvalue weighted by Gasteiger charge is 2.30. The van der Waals surface area contributed by atoms with Gasteiger partial charge >= 0.3 is 0 Å². The van der Waals surface area contributed by atoms with Gasteiger partial charge in [-0.3, -0.25) is 4.79 Å². The second kappa shape index (κ2) is 6.86. The van der Waals surface area contributed by atoms with Gasteiger partial charge in [-0.05, 0) is 25.2 Å². The van der Waals surface area contributed by atoms with Gasteiger partial charge in [-0.15, -0.1) is 0 Å². The Balaban J connectivity index is 0.000000921. The lowest BCUT2D eigenvalue weighted by Crippen LogP contribution is -2.35. The van der Waals surface area contributed by atoms with E-state index in [0.717, 1.165) is 6.54 Å². The molecule has 1 heterocycles. The van der Waals surface area contributed by atoms with Crippen LogP contribution in [0.3, 0.4) is 0 Å². The maximum atomic E-state index is 11.7. The zero-order valence-electron chi connectivity index (χ0n) is 11.2. The number of hydrogen-bond donors (Lipinski definition) is 0. The molecule has 0 aromatic heterocycles.